The van der Waals surface area contributed by atoms with E-state index < -0.39 is 57.9 Å². The van der Waals surface area contributed by atoms with Crippen molar-refractivity contribution in [3.05, 3.63) is 64.7 Å². The summed E-state index contributed by atoms with van der Waals surface area (Å²) >= 11 is 0. The molecule has 9 nitrogen and oxygen atoms in total. The van der Waals surface area contributed by atoms with Crippen LogP contribution in [0.1, 0.15) is 52.0 Å². The normalized spacial score (nSPS) is 21.3. The van der Waals surface area contributed by atoms with E-state index in [0.29, 0.717) is 12.8 Å². The summed E-state index contributed by atoms with van der Waals surface area (Å²) in [6.45, 7) is -0.508. The van der Waals surface area contributed by atoms with Crippen LogP contribution in [0.2, 0.25) is 0 Å². The fraction of sp³-hybridized carbons (Fsp3) is 0.370. The van der Waals surface area contributed by atoms with Crippen molar-refractivity contribution >= 4 is 35.5 Å². The van der Waals surface area contributed by atoms with Crippen molar-refractivity contribution in [2.75, 3.05) is 19.6 Å². The summed E-state index contributed by atoms with van der Waals surface area (Å²) in [4.78, 5) is 58.0. The summed E-state index contributed by atoms with van der Waals surface area (Å²) in [5.41, 5.74) is -1.22. The minimum absolute atomic E-state index is 0.00224. The molecular formula is C27H24F5N4O5+. The molecule has 2 aromatic carbocycles. The minimum Gasteiger partial charge on any atom is -0.336 e. The third-order valence-corrected chi connectivity index (χ3v) is 7.40. The van der Waals surface area contributed by atoms with Gasteiger partial charge in [0.15, 0.2) is 6.54 Å². The van der Waals surface area contributed by atoms with Crippen LogP contribution < -0.4 is 4.76 Å². The van der Waals surface area contributed by atoms with Crippen LogP contribution in [0.15, 0.2) is 41.5 Å². The van der Waals surface area contributed by atoms with Gasteiger partial charge in [0.1, 0.15) is 24.4 Å². The number of nitrogens with zero attached hydrogens (tertiary/aromatic N) is 4. The molecule has 216 valence electrons. The Morgan fingerprint density at radius 3 is 2.44 bits per heavy atom. The van der Waals surface area contributed by atoms with Crippen LogP contribution in [0.25, 0.3) is 0 Å². The van der Waals surface area contributed by atoms with Gasteiger partial charge < -0.3 is 9.80 Å². The predicted octanol–water partition coefficient (Wildman–Crippen LogP) is 3.90. The number of hydroxylamine groups is 1. The van der Waals surface area contributed by atoms with E-state index in [2.05, 4.69) is 5.10 Å². The first kappa shape index (κ1) is 28.3. The average molecular weight is 580 g/mol. The Morgan fingerprint density at radius 1 is 1.02 bits per heavy atom. The Bertz CT molecular complexity index is 1460. The molecule has 2 aliphatic heterocycles. The van der Waals surface area contributed by atoms with Gasteiger partial charge in [-0.1, -0.05) is 18.9 Å². The first-order valence-electron chi connectivity index (χ1n) is 12.8. The van der Waals surface area contributed by atoms with Gasteiger partial charge >= 0.3 is 12.1 Å². The number of ketones is 1. The summed E-state index contributed by atoms with van der Waals surface area (Å²) in [5.74, 6) is -6.35. The number of carbonyl (C=O) groups excluding carboxylic acids is 4. The maximum absolute atomic E-state index is 14.9. The Balaban J connectivity index is 1.45. The fourth-order valence-corrected chi connectivity index (χ4v) is 5.42. The number of alkyl halides is 3. The third-order valence-electron chi connectivity index (χ3n) is 7.40. The van der Waals surface area contributed by atoms with E-state index in [1.165, 1.54) is 4.90 Å². The second kappa shape index (κ2) is 10.7. The molecule has 1 aliphatic carbocycles. The Morgan fingerprint density at radius 2 is 1.76 bits per heavy atom. The second-order valence-corrected chi connectivity index (χ2v) is 10.1. The smallest absolute Gasteiger partial charge is 0.336 e. The van der Waals surface area contributed by atoms with Gasteiger partial charge in [0.05, 0.1) is 11.1 Å². The SMILES string of the molecule is O=C1C=N[N+](Cc2ccc(F)c(C(=O)N3CCN(C4CCCC4)C(=O)C3)c2)(OC(=O)C(F)(F)F)c2ccc(F)cc21. The number of quaternary nitrogens is 1. The number of hydrogen-bond acceptors (Lipinski definition) is 6. The van der Waals surface area contributed by atoms with E-state index in [1.807, 2.05) is 0 Å². The highest BCUT2D eigenvalue weighted by Crippen LogP contribution is 2.37. The summed E-state index contributed by atoms with van der Waals surface area (Å²) in [7, 11) is 0. The molecule has 1 saturated carbocycles. The molecule has 0 radical (unpaired) electrons. The van der Waals surface area contributed by atoms with Crippen molar-refractivity contribution in [2.45, 2.75) is 44.4 Å². The van der Waals surface area contributed by atoms with E-state index in [0.717, 1.165) is 62.1 Å². The van der Waals surface area contributed by atoms with E-state index in [1.54, 1.807) is 4.90 Å². The van der Waals surface area contributed by atoms with Gasteiger partial charge in [-0.2, -0.15) is 13.2 Å². The van der Waals surface area contributed by atoms with Crippen LogP contribution >= 0.6 is 0 Å². The van der Waals surface area contributed by atoms with E-state index >= 15 is 0 Å². The Labute approximate surface area is 230 Å². The van der Waals surface area contributed by atoms with Gasteiger partial charge in [-0.25, -0.2) is 18.4 Å². The molecule has 1 atom stereocenters. The first-order chi connectivity index (χ1) is 19.4. The molecule has 0 bridgehead atoms. The maximum Gasteiger partial charge on any atom is 0.497 e. The molecular weight excluding hydrogens is 555 g/mol. The van der Waals surface area contributed by atoms with Crippen molar-refractivity contribution < 1.29 is 46.0 Å². The number of piperazine rings is 1. The Hall–Kier alpha value is -4.20. The third kappa shape index (κ3) is 5.56. The van der Waals surface area contributed by atoms with Crippen LogP contribution in [0.5, 0.6) is 0 Å². The summed E-state index contributed by atoms with van der Waals surface area (Å²) < 4.78 is 66.9. The number of benzene rings is 2. The van der Waals surface area contributed by atoms with Crippen molar-refractivity contribution in [3.63, 3.8) is 0 Å². The molecule has 5 rings (SSSR count). The lowest BCUT2D eigenvalue weighted by Gasteiger charge is -2.38. The zero-order chi connectivity index (χ0) is 29.5. The maximum atomic E-state index is 14.9. The van der Waals surface area contributed by atoms with Crippen LogP contribution in [0, 0.1) is 11.6 Å². The van der Waals surface area contributed by atoms with Crippen molar-refractivity contribution in [3.8, 4) is 0 Å². The molecule has 2 aromatic rings. The molecule has 2 heterocycles. The molecule has 0 spiro atoms. The quantitative estimate of drug-likeness (QED) is 0.396. The van der Waals surface area contributed by atoms with Crippen LogP contribution in [-0.2, 0) is 21.0 Å². The lowest BCUT2D eigenvalue weighted by Crippen LogP contribution is -2.55. The van der Waals surface area contributed by atoms with Gasteiger partial charge in [0.25, 0.3) is 5.91 Å². The van der Waals surface area contributed by atoms with Crippen LogP contribution in [0.4, 0.5) is 27.6 Å². The number of carbonyl (C=O) groups is 4. The molecule has 41 heavy (non-hydrogen) atoms. The number of fused-ring (bicyclic) bond motifs is 1. The van der Waals surface area contributed by atoms with Crippen molar-refractivity contribution in [1.82, 2.24) is 14.6 Å². The van der Waals surface area contributed by atoms with Crippen LogP contribution in [-0.4, -0.2) is 71.4 Å². The standard InChI is InChI=1S/C27H24F5N4O5/c28-17-6-8-22-20(12-17)23(37)13-33-36(22,41-26(40)27(30,31)32)15-16-5-7-21(29)19(11-16)25(39)34-9-10-35(24(38)14-34)18-3-1-2-4-18/h5-8,11-13,18H,1-4,9-10,14-15H2/q+1. The zero-order valence-corrected chi connectivity index (χ0v) is 21.5. The molecule has 3 aliphatic rings. The molecule has 0 aromatic heterocycles. The van der Waals surface area contributed by atoms with Gasteiger partial charge in [-0.3, -0.25) is 14.4 Å². The molecule has 1 saturated heterocycles. The highest BCUT2D eigenvalue weighted by Gasteiger charge is 2.52. The number of halogens is 5. The number of Topliss-reactive ketones (excluding diaryl/α,β-unsaturated/α-hetero) is 1. The van der Waals surface area contributed by atoms with Gasteiger partial charge in [0, 0.05) is 35.5 Å². The fourth-order valence-electron chi connectivity index (χ4n) is 5.42. The molecule has 0 N–H and O–H groups in total. The van der Waals surface area contributed by atoms with Gasteiger partial charge in [-0.15, -0.1) is 0 Å². The zero-order valence-electron chi connectivity index (χ0n) is 21.5. The molecule has 2 amide bonds. The lowest BCUT2D eigenvalue weighted by molar-refractivity contribution is -0.237. The largest absolute Gasteiger partial charge is 0.497 e. The second-order valence-electron chi connectivity index (χ2n) is 10.1. The predicted molar refractivity (Wildman–Crippen MR) is 133 cm³/mol. The number of hydrogen-bond donors (Lipinski definition) is 0. The van der Waals surface area contributed by atoms with Crippen molar-refractivity contribution in [1.29, 1.82) is 0 Å². The molecule has 2 fully saturated rings. The van der Waals surface area contributed by atoms with Gasteiger partial charge in [-0.05, 0) is 42.2 Å². The van der Waals surface area contributed by atoms with Gasteiger partial charge in [0.2, 0.25) is 17.4 Å². The Kier molecular flexibility index (Phi) is 7.36. The minimum atomic E-state index is -5.44. The summed E-state index contributed by atoms with van der Waals surface area (Å²) in [6, 6.07) is 5.79. The first-order valence-corrected chi connectivity index (χ1v) is 12.8. The molecule has 1 unspecified atom stereocenters. The lowest BCUT2D eigenvalue weighted by atomic mass is 10.0. The highest BCUT2D eigenvalue weighted by atomic mass is 19.4. The molecule has 14 heteroatoms. The highest BCUT2D eigenvalue weighted by molar-refractivity contribution is 6.37. The monoisotopic (exact) mass is 579 g/mol. The summed E-state index contributed by atoms with van der Waals surface area (Å²) in [5, 5.41) is 3.76. The van der Waals surface area contributed by atoms with E-state index in [9.17, 15) is 41.1 Å². The van der Waals surface area contributed by atoms with E-state index in [4.69, 9.17) is 4.84 Å². The topological polar surface area (TPSA) is 96.4 Å². The van der Waals surface area contributed by atoms with Crippen LogP contribution in [0.3, 0.4) is 0 Å². The van der Waals surface area contributed by atoms with E-state index in [-0.39, 0.29) is 36.3 Å². The number of amides is 2. The average Bonchev–Trinajstić information content (AvgIpc) is 3.46. The summed E-state index contributed by atoms with van der Waals surface area (Å²) in [6.07, 6.45) is -1.04. The van der Waals surface area contributed by atoms with Crippen molar-refractivity contribution in [2.24, 2.45) is 5.10 Å². The number of rotatable bonds is 5.